The first kappa shape index (κ1) is 109. The Morgan fingerprint density at radius 3 is 1.65 bits per heavy atom. The fraction of sp³-hybridized carbons (Fsp3) is 0.709. The maximum atomic E-state index is 14.5. The molecule has 15 amide bonds. The molecule has 2 aliphatic rings. The van der Waals surface area contributed by atoms with Crippen LogP contribution in [0.4, 0.5) is 5.69 Å². The number of imide groups is 1. The molecular formula is C86H141N15O24. The highest BCUT2D eigenvalue weighted by molar-refractivity contribution is 6.13. The van der Waals surface area contributed by atoms with Gasteiger partial charge in [0, 0.05) is 163 Å². The Kier molecular flexibility index (Phi) is 50.8. The molecule has 1 saturated heterocycles. The molecule has 0 radical (unpaired) electrons. The van der Waals surface area contributed by atoms with E-state index in [2.05, 4.69) is 58.5 Å². The number of aliphatic hydroxyl groups excluding tert-OH is 1. The maximum absolute atomic E-state index is 14.5. The number of aliphatic hydroxyl groups is 1. The zero-order chi connectivity index (χ0) is 93.5. The van der Waals surface area contributed by atoms with Crippen LogP contribution in [0.2, 0.25) is 0 Å². The number of hydrogen-bond acceptors (Lipinski definition) is 23. The minimum atomic E-state index is -1.31. The van der Waals surface area contributed by atoms with E-state index in [0.29, 0.717) is 109 Å². The molecule has 1 fully saturated rings. The number of benzene rings is 1. The summed E-state index contributed by atoms with van der Waals surface area (Å²) in [7, 11) is 8.27. The van der Waals surface area contributed by atoms with Crippen LogP contribution in [-0.2, 0) is 100 Å². The highest BCUT2D eigenvalue weighted by Crippen LogP contribution is 2.31. The predicted octanol–water partition coefficient (Wildman–Crippen LogP) is 1.77. The van der Waals surface area contributed by atoms with Crippen molar-refractivity contribution in [3.05, 3.63) is 42.0 Å². The van der Waals surface area contributed by atoms with Gasteiger partial charge in [-0.2, -0.15) is 0 Å². The molecule has 125 heavy (non-hydrogen) atoms. The molecule has 0 aromatic heterocycles. The van der Waals surface area contributed by atoms with Crippen molar-refractivity contribution in [3.63, 3.8) is 0 Å². The van der Waals surface area contributed by atoms with Crippen LogP contribution in [0.5, 0.6) is 0 Å². The molecule has 1 aromatic carbocycles. The Morgan fingerprint density at radius 2 is 1.09 bits per heavy atom. The fourth-order valence-electron chi connectivity index (χ4n) is 13.9. The first-order chi connectivity index (χ1) is 59.2. The van der Waals surface area contributed by atoms with Gasteiger partial charge in [-0.25, -0.2) is 4.79 Å². The largest absolute Gasteiger partial charge is 0.481 e. The molecule has 0 aliphatic carbocycles. The highest BCUT2D eigenvalue weighted by Gasteiger charge is 2.44. The molecule has 14 N–H and O–H groups in total. The number of amides is 15. The van der Waals surface area contributed by atoms with Crippen LogP contribution in [0.25, 0.3) is 0 Å². The lowest BCUT2D eigenvalue weighted by Crippen LogP contribution is -2.61. The number of carboxylic acids is 2. The molecule has 2 aliphatic heterocycles. The zero-order valence-corrected chi connectivity index (χ0v) is 75.5. The molecule has 39 heteroatoms. The Balaban J connectivity index is 1.42. The van der Waals surface area contributed by atoms with Gasteiger partial charge in [0.2, 0.25) is 76.8 Å². The maximum Gasteiger partial charge on any atom is 0.326 e. The van der Waals surface area contributed by atoms with Gasteiger partial charge in [0.05, 0.1) is 54.3 Å². The fourth-order valence-corrected chi connectivity index (χ4v) is 13.9. The Labute approximate surface area is 734 Å². The number of rotatable bonds is 64. The molecule has 39 nitrogen and oxygen atoms in total. The third kappa shape index (κ3) is 40.4. The van der Waals surface area contributed by atoms with E-state index in [-0.39, 0.29) is 158 Å². The van der Waals surface area contributed by atoms with Crippen LogP contribution < -0.4 is 58.5 Å². The topological polar surface area (TPSA) is 533 Å². The summed E-state index contributed by atoms with van der Waals surface area (Å²) >= 11 is 0. The van der Waals surface area contributed by atoms with E-state index in [1.807, 2.05) is 27.7 Å². The summed E-state index contributed by atoms with van der Waals surface area (Å²) < 4.78 is 23.2. The number of methoxy groups -OCH3 is 2. The number of ether oxygens (including phenoxy) is 4. The van der Waals surface area contributed by atoms with E-state index in [0.717, 1.165) is 17.1 Å². The molecule has 3 rings (SSSR count). The molecule has 0 bridgehead atoms. The summed E-state index contributed by atoms with van der Waals surface area (Å²) in [6, 6.07) is 0.121. The van der Waals surface area contributed by atoms with E-state index in [9.17, 15) is 91.7 Å². The molecule has 12 atom stereocenters. The molecule has 0 spiro atoms. The van der Waals surface area contributed by atoms with Gasteiger partial charge in [-0.3, -0.25) is 86.5 Å². The number of aliphatic carboxylic acids is 2. The number of carboxylic acid groups (broad SMARTS) is 2. The Hall–Kier alpha value is -10.1. The number of nitrogens with zero attached hydrogens (tertiary/aromatic N) is 4. The first-order valence-electron chi connectivity index (χ1n) is 43.5. The van der Waals surface area contributed by atoms with E-state index in [4.69, 9.17) is 24.1 Å². The van der Waals surface area contributed by atoms with Gasteiger partial charge < -0.3 is 103 Å². The van der Waals surface area contributed by atoms with Gasteiger partial charge in [-0.1, -0.05) is 53.2 Å². The van der Waals surface area contributed by atoms with Crippen molar-refractivity contribution in [1.29, 1.82) is 0 Å². The second kappa shape index (κ2) is 58.2. The van der Waals surface area contributed by atoms with Gasteiger partial charge in [0.15, 0.2) is 0 Å². The lowest BCUT2D eigenvalue weighted by molar-refractivity contribution is -0.148. The third-order valence-electron chi connectivity index (χ3n) is 22.2. The third-order valence-corrected chi connectivity index (χ3v) is 22.2. The van der Waals surface area contributed by atoms with Crippen LogP contribution >= 0.6 is 0 Å². The van der Waals surface area contributed by atoms with E-state index >= 15 is 0 Å². The SMILES string of the molecule is CCC(C)[C@@H](C(CC(=O)N1CCC[C@H]1[C@H](OC)[C@@H](C)C(=O)N[C@@H](C)C(O)c1ccc(NC(=O)CCNC(=O)CCNC(=O)[C@H](CCCCNC(=O)CCCOCCCNC(=O)CCCOCCCNC(=O)CC[C@H](NC(=O)CCCC(=O)O)C(=O)O)NC(=O)[C@H](C)NC(=O)CCCN2C(=O)C=CC2=O)cc1)OC)N(C)C(=O)[C@@H](NC(=O)C(C)(C)N(C)C)C(C)C. The molecule has 3 unspecified atom stereocenters. The van der Waals surface area contributed by atoms with E-state index < -0.39 is 143 Å². The minimum Gasteiger partial charge on any atom is -0.481 e. The Morgan fingerprint density at radius 1 is 0.552 bits per heavy atom. The summed E-state index contributed by atoms with van der Waals surface area (Å²) in [5.41, 5.74) is -0.0797. The summed E-state index contributed by atoms with van der Waals surface area (Å²) in [5.74, 6) is -10.0. The second-order valence-corrected chi connectivity index (χ2v) is 32.8. The number of carbonyl (C=O) groups is 17. The summed E-state index contributed by atoms with van der Waals surface area (Å²) in [5, 5.41) is 59.3. The van der Waals surface area contributed by atoms with Crippen LogP contribution in [0.1, 0.15) is 215 Å². The predicted molar refractivity (Wildman–Crippen MR) is 461 cm³/mol. The standard InChI is InChI=1S/C86H141N15O24/c1-15-55(4)77(99(12)83(118)76(54(2)3)97-85(121)86(8,9)98(10)11)64(122-13)53-74(111)100-47-19-26-63(100)79(123-14)56(5)80(115)93-57(6)78(114)59-32-34-60(35-33-59)94-71(108)41-45-90-68(105)40-46-91-82(117)61(96-81(116)58(7)92-69(106)28-20-48-101-72(109)38-39-73(101)110)25-16-17-42-87-65(102)29-21-49-124-51-23-43-88-66(103)30-22-50-125-52-24-44-89-67(104)37-36-62(84(119)120)95-70(107)27-18-31-75(112)113/h32-35,38-39,54-58,61-64,76-79,114H,15-31,36-37,40-53H2,1-14H3,(H,87,102)(H,88,103)(H,89,104)(H,90,105)(H,91,117)(H,92,106)(H,93,115)(H,94,108)(H,95,107)(H,96,116)(H,97,121)(H,112,113)(H,119,120)/t55?,56-,57+,58+,61+,62+,63+,64?,76+,77+,78?,79-/m1/s1. The average molecular weight is 1770 g/mol. The van der Waals surface area contributed by atoms with Crippen molar-refractivity contribution in [3.8, 4) is 0 Å². The number of likely N-dealkylation sites (tertiary alicyclic amines) is 1. The first-order valence-corrected chi connectivity index (χ1v) is 43.5. The van der Waals surface area contributed by atoms with Gasteiger partial charge in [0.25, 0.3) is 11.8 Å². The number of unbranched alkanes of at least 4 members (excludes halogenated alkanes) is 1. The van der Waals surface area contributed by atoms with Crippen molar-refractivity contribution in [2.45, 2.75) is 270 Å². The van der Waals surface area contributed by atoms with Crippen molar-refractivity contribution >= 4 is 106 Å². The lowest BCUT2D eigenvalue weighted by Gasteiger charge is -2.41. The lowest BCUT2D eigenvalue weighted by atomic mass is 9.89. The van der Waals surface area contributed by atoms with Crippen LogP contribution in [-0.4, -0.2) is 303 Å². The molecule has 2 heterocycles. The Bertz CT molecular complexity index is 3700. The number of carbonyl (C=O) groups excluding carboxylic acids is 15. The molecule has 1 aromatic rings. The van der Waals surface area contributed by atoms with Crippen molar-refractivity contribution in [1.82, 2.24) is 72.8 Å². The summed E-state index contributed by atoms with van der Waals surface area (Å²) in [4.78, 5) is 223. The van der Waals surface area contributed by atoms with Gasteiger partial charge >= 0.3 is 11.9 Å². The molecule has 0 saturated carbocycles. The molecular weight excluding hydrogens is 1630 g/mol. The van der Waals surface area contributed by atoms with E-state index in [1.165, 1.54) is 21.1 Å². The van der Waals surface area contributed by atoms with E-state index in [1.54, 1.807) is 87.8 Å². The van der Waals surface area contributed by atoms with Gasteiger partial charge in [-0.05, 0) is 148 Å². The van der Waals surface area contributed by atoms with Crippen LogP contribution in [0, 0.1) is 17.8 Å². The minimum absolute atomic E-state index is 0.00607. The number of nitrogens with one attached hydrogen (secondary N) is 11. The van der Waals surface area contributed by atoms with Gasteiger partial charge in [0.1, 0.15) is 24.2 Å². The molecule has 704 valence electrons. The normalized spacial score (nSPS) is 15.9. The average Bonchev–Trinajstić information content (AvgIpc) is 1.77. The number of anilines is 1. The van der Waals surface area contributed by atoms with Crippen LogP contribution in [0.3, 0.4) is 0 Å². The quantitative estimate of drug-likeness (QED) is 0.0326. The number of hydrogen-bond donors (Lipinski definition) is 14. The summed E-state index contributed by atoms with van der Waals surface area (Å²) in [6.07, 6.45) is 3.61. The smallest absolute Gasteiger partial charge is 0.326 e. The van der Waals surface area contributed by atoms with Crippen molar-refractivity contribution < 1.29 is 116 Å². The second-order valence-electron chi connectivity index (χ2n) is 32.8. The monoisotopic (exact) mass is 1770 g/mol. The summed E-state index contributed by atoms with van der Waals surface area (Å²) in [6.45, 7) is 18.4. The number of likely N-dealkylation sites (N-methyl/N-ethyl adjacent to an activating group) is 2. The zero-order valence-electron chi connectivity index (χ0n) is 75.5. The van der Waals surface area contributed by atoms with Crippen molar-refractivity contribution in [2.24, 2.45) is 17.8 Å². The highest BCUT2D eigenvalue weighted by atomic mass is 16.5. The van der Waals surface area contributed by atoms with Gasteiger partial charge in [-0.15, -0.1) is 0 Å². The van der Waals surface area contributed by atoms with Crippen LogP contribution in [0.15, 0.2) is 36.4 Å². The van der Waals surface area contributed by atoms with Crippen molar-refractivity contribution in [2.75, 3.05) is 113 Å².